The Bertz CT molecular complexity index is 983. The first-order chi connectivity index (χ1) is 14.9. The number of sulfonamides is 1. The second-order valence-electron chi connectivity index (χ2n) is 8.01. The van der Waals surface area contributed by atoms with E-state index < -0.39 is 10.0 Å². The van der Waals surface area contributed by atoms with Crippen molar-refractivity contribution in [3.63, 3.8) is 0 Å². The lowest BCUT2D eigenvalue weighted by Gasteiger charge is -2.31. The molecule has 1 aliphatic heterocycles. The number of hydrogen-bond donors (Lipinski definition) is 1. The molecule has 1 fully saturated rings. The third-order valence-corrected chi connectivity index (χ3v) is 7.82. The van der Waals surface area contributed by atoms with Gasteiger partial charge in [0.1, 0.15) is 5.75 Å². The smallest absolute Gasteiger partial charge is 0.243 e. The van der Waals surface area contributed by atoms with Gasteiger partial charge in [-0.3, -0.25) is 4.79 Å². The largest absolute Gasteiger partial charge is 0.494 e. The van der Waals surface area contributed by atoms with E-state index >= 15 is 0 Å². The number of carbonyl (C=O) groups is 1. The Kier molecular flexibility index (Phi) is 8.09. The molecule has 2 aromatic carbocycles. The van der Waals surface area contributed by atoms with Crippen LogP contribution in [0.4, 0.5) is 0 Å². The Hall–Kier alpha value is -2.38. The molecule has 3 rings (SSSR count). The number of hydrogen-bond acceptors (Lipinski definition) is 4. The number of ether oxygens (including phenoxy) is 1. The molecule has 0 radical (unpaired) electrons. The van der Waals surface area contributed by atoms with Gasteiger partial charge in [-0.25, -0.2) is 8.42 Å². The molecule has 2 aromatic rings. The highest BCUT2D eigenvalue weighted by Gasteiger charge is 2.30. The fourth-order valence-electron chi connectivity index (χ4n) is 3.96. The van der Waals surface area contributed by atoms with E-state index in [0.29, 0.717) is 43.5 Å². The summed E-state index contributed by atoms with van der Waals surface area (Å²) in [6.45, 7) is 5.87. The molecule has 0 spiro atoms. The van der Waals surface area contributed by atoms with Crippen LogP contribution in [0.1, 0.15) is 43.7 Å². The van der Waals surface area contributed by atoms with E-state index in [4.69, 9.17) is 4.74 Å². The molecular formula is C24H32N2O4S. The average molecular weight is 445 g/mol. The van der Waals surface area contributed by atoms with Crippen molar-refractivity contribution in [2.45, 2.75) is 51.0 Å². The summed E-state index contributed by atoms with van der Waals surface area (Å²) < 4.78 is 32.9. The van der Waals surface area contributed by atoms with Crippen LogP contribution in [0.3, 0.4) is 0 Å². The maximum Gasteiger partial charge on any atom is 0.243 e. The van der Waals surface area contributed by atoms with Gasteiger partial charge in [0.15, 0.2) is 0 Å². The predicted molar refractivity (Wildman–Crippen MR) is 121 cm³/mol. The van der Waals surface area contributed by atoms with Crippen LogP contribution in [0.5, 0.6) is 5.75 Å². The van der Waals surface area contributed by atoms with Gasteiger partial charge in [0.2, 0.25) is 15.9 Å². The van der Waals surface area contributed by atoms with Crippen molar-refractivity contribution in [2.24, 2.45) is 5.92 Å². The lowest BCUT2D eigenvalue weighted by atomic mass is 9.93. The van der Waals surface area contributed by atoms with Crippen molar-refractivity contribution in [3.8, 4) is 5.75 Å². The molecule has 1 amide bonds. The highest BCUT2D eigenvalue weighted by molar-refractivity contribution is 7.89. The number of carbonyl (C=O) groups excluding carboxylic acids is 1. The van der Waals surface area contributed by atoms with E-state index in [2.05, 4.69) is 5.32 Å². The summed E-state index contributed by atoms with van der Waals surface area (Å²) in [6, 6.07) is 14.8. The van der Waals surface area contributed by atoms with Gasteiger partial charge in [-0.1, -0.05) is 30.3 Å². The molecule has 0 aromatic heterocycles. The summed E-state index contributed by atoms with van der Waals surface area (Å²) in [4.78, 5) is 12.7. The van der Waals surface area contributed by atoms with E-state index in [1.807, 2.05) is 50.2 Å². The third kappa shape index (κ3) is 6.31. The number of benzene rings is 2. The average Bonchev–Trinajstić information content (AvgIpc) is 2.77. The van der Waals surface area contributed by atoms with Crippen LogP contribution < -0.4 is 10.1 Å². The minimum atomic E-state index is -3.45. The second-order valence-corrected chi connectivity index (χ2v) is 9.92. The van der Waals surface area contributed by atoms with Crippen molar-refractivity contribution in [1.82, 2.24) is 9.62 Å². The standard InChI is InChI=1S/C24H32N2O4S/c1-3-30-22-9-6-8-21(17-22)18-25-24(27)12-11-20-13-15-26(16-14-20)31(28,29)23-10-5-4-7-19(23)2/h4-10,17,20H,3,11-16,18H2,1-2H3,(H,25,27). The molecule has 31 heavy (non-hydrogen) atoms. The minimum absolute atomic E-state index is 0.0248. The van der Waals surface area contributed by atoms with E-state index in [1.54, 1.807) is 16.4 Å². The fourth-order valence-corrected chi connectivity index (χ4v) is 5.65. The van der Waals surface area contributed by atoms with Crippen LogP contribution >= 0.6 is 0 Å². The van der Waals surface area contributed by atoms with Crippen molar-refractivity contribution in [1.29, 1.82) is 0 Å². The summed E-state index contributed by atoms with van der Waals surface area (Å²) in [6.07, 6.45) is 2.81. The number of amides is 1. The maximum atomic E-state index is 12.9. The summed E-state index contributed by atoms with van der Waals surface area (Å²) in [5.41, 5.74) is 1.78. The molecule has 0 saturated carbocycles. The summed E-state index contributed by atoms with van der Waals surface area (Å²) in [5, 5.41) is 2.97. The number of aryl methyl sites for hydroxylation is 1. The Balaban J connectivity index is 1.42. The lowest BCUT2D eigenvalue weighted by molar-refractivity contribution is -0.121. The van der Waals surface area contributed by atoms with Crippen LogP contribution in [0.15, 0.2) is 53.4 Å². The summed E-state index contributed by atoms with van der Waals surface area (Å²) in [7, 11) is -3.45. The van der Waals surface area contributed by atoms with E-state index in [1.165, 1.54) is 0 Å². The molecule has 1 aliphatic rings. The third-order valence-electron chi connectivity index (χ3n) is 5.76. The van der Waals surface area contributed by atoms with Crippen LogP contribution in [-0.2, 0) is 21.4 Å². The lowest BCUT2D eigenvalue weighted by Crippen LogP contribution is -2.39. The second kappa shape index (κ2) is 10.8. The SMILES string of the molecule is CCOc1cccc(CNC(=O)CCC2CCN(S(=O)(=O)c3ccccc3C)CC2)c1. The minimum Gasteiger partial charge on any atom is -0.494 e. The van der Waals surface area contributed by atoms with Crippen LogP contribution in [0.25, 0.3) is 0 Å². The van der Waals surface area contributed by atoms with Gasteiger partial charge < -0.3 is 10.1 Å². The molecule has 6 nitrogen and oxygen atoms in total. The normalized spacial score (nSPS) is 15.5. The Morgan fingerprint density at radius 2 is 1.87 bits per heavy atom. The molecule has 0 atom stereocenters. The zero-order valence-corrected chi connectivity index (χ0v) is 19.2. The van der Waals surface area contributed by atoms with Gasteiger partial charge >= 0.3 is 0 Å². The number of rotatable bonds is 9. The quantitative estimate of drug-likeness (QED) is 0.637. The molecule has 0 bridgehead atoms. The van der Waals surface area contributed by atoms with Crippen molar-refractivity contribution in [2.75, 3.05) is 19.7 Å². The number of nitrogens with zero attached hydrogens (tertiary/aromatic N) is 1. The number of piperidine rings is 1. The Labute approximate surface area is 185 Å². The van der Waals surface area contributed by atoms with Gasteiger partial charge in [0.05, 0.1) is 11.5 Å². The van der Waals surface area contributed by atoms with Crippen molar-refractivity contribution in [3.05, 3.63) is 59.7 Å². The molecule has 7 heteroatoms. The predicted octanol–water partition coefficient (Wildman–Crippen LogP) is 3.89. The Morgan fingerprint density at radius 1 is 1.13 bits per heavy atom. The van der Waals surface area contributed by atoms with Crippen LogP contribution in [-0.4, -0.2) is 38.3 Å². The van der Waals surface area contributed by atoms with Gasteiger partial charge in [-0.2, -0.15) is 4.31 Å². The van der Waals surface area contributed by atoms with Gasteiger partial charge in [0, 0.05) is 26.1 Å². The molecule has 0 unspecified atom stereocenters. The zero-order chi connectivity index (χ0) is 22.3. The van der Waals surface area contributed by atoms with Gasteiger partial charge in [0.25, 0.3) is 0 Å². The summed E-state index contributed by atoms with van der Waals surface area (Å²) >= 11 is 0. The molecule has 1 N–H and O–H groups in total. The topological polar surface area (TPSA) is 75.7 Å². The van der Waals surface area contributed by atoms with Gasteiger partial charge in [-0.05, 0) is 68.4 Å². The van der Waals surface area contributed by atoms with Crippen molar-refractivity contribution >= 4 is 15.9 Å². The van der Waals surface area contributed by atoms with E-state index in [-0.39, 0.29) is 5.91 Å². The van der Waals surface area contributed by atoms with E-state index in [0.717, 1.165) is 36.1 Å². The molecule has 168 valence electrons. The highest BCUT2D eigenvalue weighted by atomic mass is 32.2. The molecule has 1 heterocycles. The maximum absolute atomic E-state index is 12.9. The first-order valence-electron chi connectivity index (χ1n) is 10.9. The first-order valence-corrected chi connectivity index (χ1v) is 12.4. The van der Waals surface area contributed by atoms with Crippen LogP contribution in [0.2, 0.25) is 0 Å². The fraction of sp³-hybridized carbons (Fsp3) is 0.458. The zero-order valence-electron chi connectivity index (χ0n) is 18.3. The summed E-state index contributed by atoms with van der Waals surface area (Å²) in [5.74, 6) is 1.20. The molecule has 1 saturated heterocycles. The van der Waals surface area contributed by atoms with Gasteiger partial charge in [-0.15, -0.1) is 0 Å². The number of nitrogens with one attached hydrogen (secondary N) is 1. The van der Waals surface area contributed by atoms with Crippen molar-refractivity contribution < 1.29 is 17.9 Å². The molecule has 0 aliphatic carbocycles. The molecular weight excluding hydrogens is 412 g/mol. The van der Waals surface area contributed by atoms with Crippen LogP contribution in [0, 0.1) is 12.8 Å². The highest BCUT2D eigenvalue weighted by Crippen LogP contribution is 2.27. The Morgan fingerprint density at radius 3 is 2.58 bits per heavy atom. The monoisotopic (exact) mass is 444 g/mol. The van der Waals surface area contributed by atoms with E-state index in [9.17, 15) is 13.2 Å². The first kappa shape index (κ1) is 23.3.